The molecular weight excluding hydrogens is 204 g/mol. The molecule has 0 aromatic rings. The molecule has 4 heteroatoms. The lowest BCUT2D eigenvalue weighted by molar-refractivity contribution is 0.0355. The van der Waals surface area contributed by atoms with Gasteiger partial charge < -0.3 is 5.73 Å². The predicted molar refractivity (Wildman–Crippen MR) is 55.7 cm³/mol. The van der Waals surface area contributed by atoms with Gasteiger partial charge in [-0.2, -0.15) is 11.8 Å². The molecule has 1 heterocycles. The number of halogens is 2. The zero-order valence-electron chi connectivity index (χ0n) is 8.65. The molecule has 2 rings (SSSR count). The summed E-state index contributed by atoms with van der Waals surface area (Å²) < 4.78 is 26.7. The first-order valence-corrected chi connectivity index (χ1v) is 6.06. The Morgan fingerprint density at radius 2 is 2.00 bits per heavy atom. The molecule has 1 nitrogen and oxygen atoms in total. The van der Waals surface area contributed by atoms with Crippen molar-refractivity contribution in [1.29, 1.82) is 0 Å². The molecule has 1 aliphatic heterocycles. The summed E-state index contributed by atoms with van der Waals surface area (Å²) in [7, 11) is 0. The van der Waals surface area contributed by atoms with Crippen LogP contribution < -0.4 is 5.73 Å². The Bertz CT molecular complexity index is 255. The van der Waals surface area contributed by atoms with Gasteiger partial charge in [-0.25, -0.2) is 8.78 Å². The number of rotatable bonds is 2. The highest BCUT2D eigenvalue weighted by molar-refractivity contribution is 8.00. The van der Waals surface area contributed by atoms with Gasteiger partial charge in [0.25, 0.3) is 5.92 Å². The fraction of sp³-hybridized carbons (Fsp3) is 1.00. The fourth-order valence-corrected chi connectivity index (χ4v) is 4.35. The minimum absolute atomic E-state index is 0.00512. The third kappa shape index (κ3) is 1.23. The summed E-state index contributed by atoms with van der Waals surface area (Å²) in [5.41, 5.74) is 4.68. The van der Waals surface area contributed by atoms with Crippen LogP contribution in [0.5, 0.6) is 0 Å². The van der Waals surface area contributed by atoms with E-state index in [0.29, 0.717) is 0 Å². The molecule has 2 atom stereocenters. The second kappa shape index (κ2) is 2.85. The van der Waals surface area contributed by atoms with Gasteiger partial charge in [-0.15, -0.1) is 0 Å². The molecule has 2 unspecified atom stereocenters. The first-order valence-electron chi connectivity index (χ1n) is 5.08. The lowest BCUT2D eigenvalue weighted by Crippen LogP contribution is -2.38. The summed E-state index contributed by atoms with van der Waals surface area (Å²) in [6.07, 6.45) is 0.898. The van der Waals surface area contributed by atoms with E-state index in [2.05, 4.69) is 13.8 Å². The maximum absolute atomic E-state index is 13.4. The van der Waals surface area contributed by atoms with Gasteiger partial charge in [0.15, 0.2) is 0 Å². The van der Waals surface area contributed by atoms with Crippen molar-refractivity contribution in [1.82, 2.24) is 0 Å². The molecular formula is C10H17F2NS. The number of thioether (sulfide) groups is 1. The van der Waals surface area contributed by atoms with Crippen LogP contribution in [0.15, 0.2) is 0 Å². The van der Waals surface area contributed by atoms with Gasteiger partial charge in [0.1, 0.15) is 0 Å². The lowest BCUT2D eigenvalue weighted by Gasteiger charge is -2.33. The first kappa shape index (κ1) is 10.7. The molecule has 0 aromatic carbocycles. The Balaban J connectivity index is 2.23. The van der Waals surface area contributed by atoms with Crippen LogP contribution in [0.3, 0.4) is 0 Å². The molecule has 0 radical (unpaired) electrons. The second-order valence-corrected chi connectivity index (χ2v) is 6.78. The molecule has 1 aliphatic carbocycles. The van der Waals surface area contributed by atoms with Crippen LogP contribution in [-0.4, -0.2) is 23.0 Å². The Hall–Kier alpha value is 0.170. The average molecular weight is 221 g/mol. The van der Waals surface area contributed by atoms with E-state index < -0.39 is 11.3 Å². The molecule has 14 heavy (non-hydrogen) atoms. The first-order chi connectivity index (χ1) is 6.36. The molecule has 0 amide bonds. The maximum atomic E-state index is 13.4. The molecule has 0 bridgehead atoms. The van der Waals surface area contributed by atoms with E-state index in [1.54, 1.807) is 11.8 Å². The maximum Gasteiger partial charge on any atom is 0.256 e. The van der Waals surface area contributed by atoms with Crippen molar-refractivity contribution in [3.63, 3.8) is 0 Å². The minimum atomic E-state index is -2.51. The highest BCUT2D eigenvalue weighted by Gasteiger charge is 2.75. The summed E-state index contributed by atoms with van der Waals surface area (Å²) in [5, 5.41) is 0. The van der Waals surface area contributed by atoms with Crippen molar-refractivity contribution in [3.8, 4) is 0 Å². The van der Waals surface area contributed by atoms with Crippen molar-refractivity contribution < 1.29 is 8.78 Å². The van der Waals surface area contributed by atoms with Crippen molar-refractivity contribution in [3.05, 3.63) is 0 Å². The Morgan fingerprint density at radius 3 is 2.29 bits per heavy atom. The van der Waals surface area contributed by atoms with E-state index in [4.69, 9.17) is 5.73 Å². The van der Waals surface area contributed by atoms with Gasteiger partial charge in [0.05, 0.1) is 5.41 Å². The monoisotopic (exact) mass is 221 g/mol. The van der Waals surface area contributed by atoms with Crippen LogP contribution in [0.1, 0.15) is 26.7 Å². The molecule has 1 saturated heterocycles. The van der Waals surface area contributed by atoms with Crippen LogP contribution in [-0.2, 0) is 0 Å². The summed E-state index contributed by atoms with van der Waals surface area (Å²) in [6.45, 7) is 4.27. The van der Waals surface area contributed by atoms with Crippen molar-refractivity contribution in [2.75, 3.05) is 12.3 Å². The lowest BCUT2D eigenvalue weighted by atomic mass is 9.78. The topological polar surface area (TPSA) is 26.0 Å². The summed E-state index contributed by atoms with van der Waals surface area (Å²) in [5.74, 6) is -1.43. The van der Waals surface area contributed by atoms with Crippen LogP contribution >= 0.6 is 11.8 Å². The smallest absolute Gasteiger partial charge is 0.256 e. The van der Waals surface area contributed by atoms with E-state index >= 15 is 0 Å². The Kier molecular flexibility index (Phi) is 2.17. The van der Waals surface area contributed by atoms with Crippen molar-refractivity contribution >= 4 is 11.8 Å². The van der Waals surface area contributed by atoms with Gasteiger partial charge in [0, 0.05) is 17.7 Å². The minimum Gasteiger partial charge on any atom is -0.330 e. The second-order valence-electron chi connectivity index (χ2n) is 5.03. The third-order valence-corrected chi connectivity index (χ3v) is 5.36. The molecule has 0 aromatic heterocycles. The normalized spacial score (nSPS) is 43.9. The van der Waals surface area contributed by atoms with E-state index in [1.165, 1.54) is 0 Å². The van der Waals surface area contributed by atoms with Gasteiger partial charge in [0.2, 0.25) is 0 Å². The average Bonchev–Trinajstić information content (AvgIpc) is 2.42. The van der Waals surface area contributed by atoms with Gasteiger partial charge in [-0.1, -0.05) is 13.8 Å². The third-order valence-electron chi connectivity index (χ3n) is 3.89. The predicted octanol–water partition coefficient (Wildman–Crippen LogP) is 2.50. The molecule has 2 N–H and O–H groups in total. The summed E-state index contributed by atoms with van der Waals surface area (Å²) in [4.78, 5) is 0. The molecule has 2 fully saturated rings. The van der Waals surface area contributed by atoms with Crippen LogP contribution in [0.2, 0.25) is 0 Å². The number of alkyl halides is 2. The largest absolute Gasteiger partial charge is 0.330 e. The highest BCUT2D eigenvalue weighted by atomic mass is 32.2. The number of hydrogen-bond acceptors (Lipinski definition) is 2. The van der Waals surface area contributed by atoms with Gasteiger partial charge >= 0.3 is 0 Å². The summed E-state index contributed by atoms with van der Waals surface area (Å²) >= 11 is 1.80. The number of hydrogen-bond donors (Lipinski definition) is 1. The molecule has 82 valence electrons. The number of nitrogens with two attached hydrogens (primary N) is 1. The van der Waals surface area contributed by atoms with E-state index in [-0.39, 0.29) is 23.6 Å². The zero-order valence-corrected chi connectivity index (χ0v) is 9.46. The van der Waals surface area contributed by atoms with Gasteiger partial charge in [-0.05, 0) is 18.1 Å². The quantitative estimate of drug-likeness (QED) is 0.775. The van der Waals surface area contributed by atoms with Crippen LogP contribution in [0, 0.1) is 11.3 Å². The van der Waals surface area contributed by atoms with Crippen LogP contribution in [0.25, 0.3) is 0 Å². The summed E-state index contributed by atoms with van der Waals surface area (Å²) in [6, 6.07) is 0. The van der Waals surface area contributed by atoms with Gasteiger partial charge in [-0.3, -0.25) is 0 Å². The highest BCUT2D eigenvalue weighted by Crippen LogP contribution is 2.69. The Labute approximate surface area is 87.8 Å². The fourth-order valence-electron chi connectivity index (χ4n) is 2.92. The molecule has 0 spiro atoms. The van der Waals surface area contributed by atoms with Crippen molar-refractivity contribution in [2.24, 2.45) is 17.1 Å². The van der Waals surface area contributed by atoms with E-state index in [1.807, 2.05) is 0 Å². The SMILES string of the molecule is CC1(C)SCCC1C1(CN)CC1(F)F. The Morgan fingerprint density at radius 1 is 1.43 bits per heavy atom. The van der Waals surface area contributed by atoms with E-state index in [9.17, 15) is 8.78 Å². The standard InChI is InChI=1S/C10H17F2NS/c1-8(2)7(3-4-14-8)9(6-13)5-10(9,11)12/h7H,3-6,13H2,1-2H3. The van der Waals surface area contributed by atoms with Crippen molar-refractivity contribution in [2.45, 2.75) is 37.4 Å². The molecule has 1 saturated carbocycles. The van der Waals surface area contributed by atoms with Crippen LogP contribution in [0.4, 0.5) is 8.78 Å². The molecule has 2 aliphatic rings. The zero-order chi connectivity index (χ0) is 10.6. The van der Waals surface area contributed by atoms with E-state index in [0.717, 1.165) is 12.2 Å².